The summed E-state index contributed by atoms with van der Waals surface area (Å²) in [5.74, 6) is 0.387. The molecule has 1 aromatic carbocycles. The highest BCUT2D eigenvalue weighted by Gasteiger charge is 2.44. The van der Waals surface area contributed by atoms with Crippen LogP contribution in [-0.2, 0) is 20.9 Å². The van der Waals surface area contributed by atoms with E-state index in [1.807, 2.05) is 47.2 Å². The highest BCUT2D eigenvalue weighted by molar-refractivity contribution is 5.83. The highest BCUT2D eigenvalue weighted by atomic mass is 16.5. The summed E-state index contributed by atoms with van der Waals surface area (Å²) in [6.45, 7) is 6.23. The molecule has 9 nitrogen and oxygen atoms in total. The van der Waals surface area contributed by atoms with Crippen LogP contribution in [0.25, 0.3) is 0 Å². The molecule has 3 amide bonds. The average Bonchev–Trinajstić information content (AvgIpc) is 3.32. The van der Waals surface area contributed by atoms with Crippen LogP contribution in [0.2, 0.25) is 0 Å². The summed E-state index contributed by atoms with van der Waals surface area (Å²) in [4.78, 5) is 42.1. The number of piperazine rings is 1. The number of aldehydes is 1. The number of carbonyl (C=O) groups is 3. The predicted molar refractivity (Wildman–Crippen MR) is 130 cm³/mol. The van der Waals surface area contributed by atoms with Crippen molar-refractivity contribution in [2.75, 3.05) is 40.3 Å². The maximum absolute atomic E-state index is 13.4. The molecule has 2 saturated heterocycles. The van der Waals surface area contributed by atoms with Gasteiger partial charge in [0.1, 0.15) is 12.5 Å². The monoisotopic (exact) mass is 473 g/mol. The molecule has 0 saturated carbocycles. The van der Waals surface area contributed by atoms with E-state index in [1.54, 1.807) is 17.1 Å². The van der Waals surface area contributed by atoms with Crippen LogP contribution in [0.5, 0.6) is 0 Å². The van der Waals surface area contributed by atoms with Gasteiger partial charge >= 0.3 is 6.03 Å². The Bertz CT molecular complexity index is 815. The lowest BCUT2D eigenvalue weighted by Gasteiger charge is -2.50. The molecule has 9 heteroatoms. The molecule has 3 rings (SSSR count). The lowest BCUT2D eigenvalue weighted by molar-refractivity contribution is -0.160. The molecule has 0 radical (unpaired) electrons. The fraction of sp³-hybridized carbons (Fsp3) is 0.640. The van der Waals surface area contributed by atoms with Gasteiger partial charge in [0.25, 0.3) is 0 Å². The van der Waals surface area contributed by atoms with Crippen LogP contribution < -0.4 is 5.32 Å². The number of rotatable bonds is 10. The number of benzene rings is 1. The van der Waals surface area contributed by atoms with Crippen molar-refractivity contribution in [1.82, 2.24) is 25.1 Å². The molecule has 1 aromatic rings. The van der Waals surface area contributed by atoms with Crippen LogP contribution in [0.1, 0.15) is 38.7 Å². The predicted octanol–water partition coefficient (Wildman–Crippen LogP) is 1.94. The normalized spacial score (nSPS) is 23.5. The zero-order valence-electron chi connectivity index (χ0n) is 20.9. The third-order valence-electron chi connectivity index (χ3n) is 6.57. The topological polar surface area (TPSA) is 85.4 Å². The molecule has 0 spiro atoms. The van der Waals surface area contributed by atoms with Gasteiger partial charge in [-0.05, 0) is 37.8 Å². The smallest absolute Gasteiger partial charge is 0.333 e. The maximum Gasteiger partial charge on any atom is 0.333 e. The zero-order valence-corrected chi connectivity index (χ0v) is 20.9. The quantitative estimate of drug-likeness (QED) is 0.413. The van der Waals surface area contributed by atoms with Gasteiger partial charge in [-0.3, -0.25) is 9.69 Å². The van der Waals surface area contributed by atoms with Crippen molar-refractivity contribution in [2.24, 2.45) is 5.92 Å². The van der Waals surface area contributed by atoms with E-state index < -0.39 is 6.17 Å². The molecule has 2 fully saturated rings. The van der Waals surface area contributed by atoms with Crippen LogP contribution in [0.4, 0.5) is 4.79 Å². The Kier molecular flexibility index (Phi) is 9.44. The standard InChI is InChI=1S/C25H39N5O4/c1-19(2)15-22-24(32)29(17-21-11-8-14-34-21)18-23(28(22)4)30(27(3)12-13-31)25(33)26-16-20-9-6-5-7-10-20/h5-7,9-10,13,19,21-23H,8,11-12,14-18H2,1-4H3,(H,26,33)/t21?,22-,23?/m0/s1. The summed E-state index contributed by atoms with van der Waals surface area (Å²) < 4.78 is 5.81. The van der Waals surface area contributed by atoms with Gasteiger partial charge in [-0.1, -0.05) is 44.2 Å². The van der Waals surface area contributed by atoms with Crippen LogP contribution in [0.3, 0.4) is 0 Å². The van der Waals surface area contributed by atoms with Crippen molar-refractivity contribution in [3.63, 3.8) is 0 Å². The van der Waals surface area contributed by atoms with Crippen molar-refractivity contribution in [3.05, 3.63) is 35.9 Å². The first-order valence-electron chi connectivity index (χ1n) is 12.2. The van der Waals surface area contributed by atoms with E-state index in [9.17, 15) is 14.4 Å². The summed E-state index contributed by atoms with van der Waals surface area (Å²) in [7, 11) is 3.62. The summed E-state index contributed by atoms with van der Waals surface area (Å²) in [5.41, 5.74) is 0.985. The van der Waals surface area contributed by atoms with Crippen molar-refractivity contribution in [3.8, 4) is 0 Å². The minimum absolute atomic E-state index is 0.0285. The minimum Gasteiger partial charge on any atom is -0.376 e. The first-order valence-corrected chi connectivity index (χ1v) is 12.2. The van der Waals surface area contributed by atoms with Crippen molar-refractivity contribution < 1.29 is 19.1 Å². The lowest BCUT2D eigenvalue weighted by Crippen LogP contribution is -2.70. The van der Waals surface area contributed by atoms with E-state index in [1.165, 1.54) is 0 Å². The number of hydrogen-bond acceptors (Lipinski definition) is 6. The first-order chi connectivity index (χ1) is 16.3. The largest absolute Gasteiger partial charge is 0.376 e. The van der Waals surface area contributed by atoms with Gasteiger partial charge in [-0.15, -0.1) is 0 Å². The number of nitrogens with one attached hydrogen (secondary N) is 1. The molecular formula is C25H39N5O4. The van der Waals surface area contributed by atoms with Gasteiger partial charge in [-0.25, -0.2) is 14.8 Å². The van der Waals surface area contributed by atoms with Gasteiger partial charge in [0.2, 0.25) is 5.91 Å². The molecule has 0 aliphatic carbocycles. The number of ether oxygens (including phenoxy) is 1. The summed E-state index contributed by atoms with van der Waals surface area (Å²) in [6, 6.07) is 9.03. The molecule has 2 heterocycles. The Morgan fingerprint density at radius 2 is 2.03 bits per heavy atom. The van der Waals surface area contributed by atoms with E-state index >= 15 is 0 Å². The Hall–Kier alpha value is -2.49. The average molecular weight is 474 g/mol. The van der Waals surface area contributed by atoms with E-state index in [2.05, 4.69) is 19.2 Å². The van der Waals surface area contributed by atoms with Gasteiger partial charge in [-0.2, -0.15) is 0 Å². The molecule has 2 aliphatic rings. The molecule has 34 heavy (non-hydrogen) atoms. The van der Waals surface area contributed by atoms with Gasteiger partial charge in [0.15, 0.2) is 0 Å². The van der Waals surface area contributed by atoms with E-state index in [0.717, 1.165) is 31.3 Å². The van der Waals surface area contributed by atoms with Crippen molar-refractivity contribution in [1.29, 1.82) is 0 Å². The highest BCUT2D eigenvalue weighted by Crippen LogP contribution is 2.26. The number of hydrazine groups is 1. The molecule has 2 unspecified atom stereocenters. The molecule has 0 bridgehead atoms. The van der Waals surface area contributed by atoms with Crippen LogP contribution >= 0.6 is 0 Å². The van der Waals surface area contributed by atoms with Crippen LogP contribution in [0, 0.1) is 5.92 Å². The van der Waals surface area contributed by atoms with E-state index in [-0.39, 0.29) is 30.6 Å². The number of nitrogens with zero attached hydrogens (tertiary/aromatic N) is 4. The number of likely N-dealkylation sites (N-methyl/N-ethyl adjacent to an activating group) is 2. The van der Waals surface area contributed by atoms with E-state index in [0.29, 0.717) is 32.0 Å². The second-order valence-electron chi connectivity index (χ2n) is 9.67. The molecule has 188 valence electrons. The van der Waals surface area contributed by atoms with Gasteiger partial charge in [0, 0.05) is 26.7 Å². The number of carbonyl (C=O) groups excluding carboxylic acids is 3. The zero-order chi connectivity index (χ0) is 24.7. The number of hydrogen-bond donors (Lipinski definition) is 1. The number of urea groups is 1. The second kappa shape index (κ2) is 12.3. The Morgan fingerprint density at radius 3 is 2.65 bits per heavy atom. The van der Waals surface area contributed by atoms with Gasteiger partial charge in [0.05, 0.1) is 25.2 Å². The number of amides is 3. The maximum atomic E-state index is 13.4. The summed E-state index contributed by atoms with van der Waals surface area (Å²) in [6.07, 6.45) is 3.02. The first kappa shape index (κ1) is 26.1. The summed E-state index contributed by atoms with van der Waals surface area (Å²) in [5, 5.41) is 6.19. The lowest BCUT2D eigenvalue weighted by atomic mass is 9.98. The summed E-state index contributed by atoms with van der Waals surface area (Å²) >= 11 is 0. The Balaban J connectivity index is 1.84. The minimum atomic E-state index is -0.413. The molecule has 1 N–H and O–H groups in total. The van der Waals surface area contributed by atoms with Gasteiger partial charge < -0.3 is 19.7 Å². The molecule has 3 atom stereocenters. The van der Waals surface area contributed by atoms with Crippen LogP contribution in [0.15, 0.2) is 30.3 Å². The molecular weight excluding hydrogens is 434 g/mol. The fourth-order valence-corrected chi connectivity index (χ4v) is 4.74. The molecule has 2 aliphatic heterocycles. The third-order valence-corrected chi connectivity index (χ3v) is 6.57. The van der Waals surface area contributed by atoms with Crippen molar-refractivity contribution in [2.45, 2.75) is 58.0 Å². The second-order valence-corrected chi connectivity index (χ2v) is 9.67. The van der Waals surface area contributed by atoms with E-state index in [4.69, 9.17) is 4.74 Å². The Labute approximate surface area is 203 Å². The fourth-order valence-electron chi connectivity index (χ4n) is 4.74. The van der Waals surface area contributed by atoms with Crippen molar-refractivity contribution >= 4 is 18.2 Å². The Morgan fingerprint density at radius 1 is 1.29 bits per heavy atom. The SMILES string of the molecule is CC(C)C[C@H]1C(=O)N(CC2CCCO2)CC(N(C(=O)NCc2ccccc2)N(C)CC=O)N1C. The van der Waals surface area contributed by atoms with Crippen LogP contribution in [-0.4, -0.2) is 96.7 Å². The third kappa shape index (κ3) is 6.55. The molecule has 0 aromatic heterocycles.